The summed E-state index contributed by atoms with van der Waals surface area (Å²) in [5.74, 6) is -0.472. The Kier molecular flexibility index (Phi) is 5.91. The van der Waals surface area contributed by atoms with Crippen molar-refractivity contribution in [1.82, 2.24) is 4.31 Å². The van der Waals surface area contributed by atoms with Gasteiger partial charge in [0.1, 0.15) is 0 Å². The Morgan fingerprint density at radius 3 is 2.36 bits per heavy atom. The number of sulfonamides is 1. The van der Waals surface area contributed by atoms with Gasteiger partial charge in [0.25, 0.3) is 0 Å². The highest BCUT2D eigenvalue weighted by Crippen LogP contribution is 2.27. The molecule has 1 unspecified atom stereocenters. The van der Waals surface area contributed by atoms with E-state index in [0.717, 1.165) is 27.9 Å². The quantitative estimate of drug-likeness (QED) is 0.845. The smallest absolute Gasteiger partial charge is 0.243 e. The molecule has 2 aromatic rings. The fraction of sp³-hybridized carbons (Fsp3) is 0.409. The van der Waals surface area contributed by atoms with Crippen LogP contribution in [0, 0.1) is 33.6 Å². The first kappa shape index (κ1) is 20.6. The molecular weight excluding hydrogens is 372 g/mol. The Labute approximate surface area is 167 Å². The maximum atomic E-state index is 13.2. The molecule has 6 heteroatoms. The highest BCUT2D eigenvalue weighted by molar-refractivity contribution is 7.89. The molecule has 28 heavy (non-hydrogen) atoms. The molecule has 0 bridgehead atoms. The summed E-state index contributed by atoms with van der Waals surface area (Å²) in [5.41, 5.74) is 4.56. The van der Waals surface area contributed by atoms with Crippen LogP contribution in [0.1, 0.15) is 35.1 Å². The number of carbonyl (C=O) groups is 1. The molecule has 3 rings (SSSR count). The molecule has 1 heterocycles. The number of anilines is 1. The molecule has 0 spiro atoms. The number of rotatable bonds is 4. The second-order valence-corrected chi connectivity index (χ2v) is 9.74. The number of amides is 1. The summed E-state index contributed by atoms with van der Waals surface area (Å²) in [4.78, 5) is 13.1. The molecule has 1 atom stereocenters. The third-order valence-electron chi connectivity index (χ3n) is 5.21. The van der Waals surface area contributed by atoms with E-state index in [4.69, 9.17) is 0 Å². The van der Waals surface area contributed by atoms with Gasteiger partial charge in [-0.2, -0.15) is 4.31 Å². The number of benzene rings is 2. The lowest BCUT2D eigenvalue weighted by molar-refractivity contribution is -0.120. The number of nitrogens with zero attached hydrogens (tertiary/aromatic N) is 1. The van der Waals surface area contributed by atoms with Gasteiger partial charge in [0.05, 0.1) is 10.8 Å². The molecule has 0 radical (unpaired) electrons. The van der Waals surface area contributed by atoms with Gasteiger partial charge in [0.2, 0.25) is 15.9 Å². The second kappa shape index (κ2) is 8.05. The average Bonchev–Trinajstić information content (AvgIpc) is 2.63. The number of nitrogens with one attached hydrogen (secondary N) is 1. The van der Waals surface area contributed by atoms with Crippen molar-refractivity contribution in [3.8, 4) is 0 Å². The van der Waals surface area contributed by atoms with Crippen molar-refractivity contribution in [1.29, 1.82) is 0 Å². The van der Waals surface area contributed by atoms with Crippen LogP contribution in [0.4, 0.5) is 5.69 Å². The van der Waals surface area contributed by atoms with Crippen LogP contribution in [0.2, 0.25) is 0 Å². The molecule has 0 aliphatic carbocycles. The number of hydrogen-bond donors (Lipinski definition) is 1. The van der Waals surface area contributed by atoms with E-state index in [1.54, 1.807) is 13.0 Å². The molecule has 1 aliphatic heterocycles. The van der Waals surface area contributed by atoms with Crippen LogP contribution in [-0.2, 0) is 14.8 Å². The van der Waals surface area contributed by atoms with Gasteiger partial charge in [-0.1, -0.05) is 18.2 Å². The van der Waals surface area contributed by atoms with Crippen LogP contribution in [0.3, 0.4) is 0 Å². The summed E-state index contributed by atoms with van der Waals surface area (Å²) >= 11 is 0. The standard InChI is InChI=1S/C22H28N2O3S/c1-15-7-8-18(4)21(13-15)28(26,27)24-9-5-6-19(14-24)22(25)23-20-11-16(2)10-17(3)12-20/h7-8,10-13,19H,5-6,9,14H2,1-4H3,(H,23,25). The summed E-state index contributed by atoms with van der Waals surface area (Å²) in [6, 6.07) is 11.4. The Morgan fingerprint density at radius 1 is 1.00 bits per heavy atom. The molecular formula is C22H28N2O3S. The fourth-order valence-electron chi connectivity index (χ4n) is 3.79. The SMILES string of the molecule is Cc1cc(C)cc(NC(=O)C2CCCN(S(=O)(=O)c3cc(C)ccc3C)C2)c1. The van der Waals surface area contributed by atoms with Crippen LogP contribution in [-0.4, -0.2) is 31.7 Å². The average molecular weight is 401 g/mol. The van der Waals surface area contributed by atoms with Crippen LogP contribution in [0.15, 0.2) is 41.3 Å². The van der Waals surface area contributed by atoms with Gasteiger partial charge in [-0.05, 0) is 81.0 Å². The Balaban J connectivity index is 1.77. The first-order valence-corrected chi connectivity index (χ1v) is 11.1. The van der Waals surface area contributed by atoms with Crippen molar-refractivity contribution < 1.29 is 13.2 Å². The maximum Gasteiger partial charge on any atom is 0.243 e. The van der Waals surface area contributed by atoms with Crippen molar-refractivity contribution in [2.45, 2.75) is 45.4 Å². The van der Waals surface area contributed by atoms with Crippen molar-refractivity contribution in [3.63, 3.8) is 0 Å². The lowest BCUT2D eigenvalue weighted by Crippen LogP contribution is -2.43. The van der Waals surface area contributed by atoms with Crippen LogP contribution >= 0.6 is 0 Å². The van der Waals surface area contributed by atoms with Crippen molar-refractivity contribution in [2.75, 3.05) is 18.4 Å². The van der Waals surface area contributed by atoms with E-state index in [-0.39, 0.29) is 18.4 Å². The van der Waals surface area contributed by atoms with Gasteiger partial charge < -0.3 is 5.32 Å². The second-order valence-electron chi connectivity index (χ2n) is 7.84. The highest BCUT2D eigenvalue weighted by Gasteiger charge is 2.34. The zero-order valence-corrected chi connectivity index (χ0v) is 17.8. The van der Waals surface area contributed by atoms with Gasteiger partial charge in [-0.25, -0.2) is 8.42 Å². The zero-order valence-electron chi connectivity index (χ0n) is 17.0. The topological polar surface area (TPSA) is 66.5 Å². The van der Waals surface area contributed by atoms with Crippen LogP contribution in [0.25, 0.3) is 0 Å². The molecule has 1 saturated heterocycles. The van der Waals surface area contributed by atoms with Gasteiger partial charge in [-0.3, -0.25) is 4.79 Å². The zero-order chi connectivity index (χ0) is 20.5. The monoisotopic (exact) mass is 400 g/mol. The Morgan fingerprint density at radius 2 is 1.68 bits per heavy atom. The van der Waals surface area contributed by atoms with E-state index in [0.29, 0.717) is 24.3 Å². The Bertz CT molecular complexity index is 979. The number of piperidine rings is 1. The van der Waals surface area contributed by atoms with Crippen LogP contribution in [0.5, 0.6) is 0 Å². The number of hydrogen-bond acceptors (Lipinski definition) is 3. The van der Waals surface area contributed by atoms with E-state index in [1.165, 1.54) is 4.31 Å². The normalized spacial score (nSPS) is 18.1. The van der Waals surface area contributed by atoms with Gasteiger partial charge in [0, 0.05) is 18.8 Å². The Hall–Kier alpha value is -2.18. The highest BCUT2D eigenvalue weighted by atomic mass is 32.2. The number of carbonyl (C=O) groups excluding carboxylic acids is 1. The minimum atomic E-state index is -3.61. The van der Waals surface area contributed by atoms with E-state index >= 15 is 0 Å². The molecule has 1 amide bonds. The predicted molar refractivity (Wildman–Crippen MR) is 112 cm³/mol. The molecule has 2 aromatic carbocycles. The van der Waals surface area contributed by atoms with Crippen molar-refractivity contribution >= 4 is 21.6 Å². The predicted octanol–water partition coefficient (Wildman–Crippen LogP) is 3.96. The third kappa shape index (κ3) is 4.45. The summed E-state index contributed by atoms with van der Waals surface area (Å²) in [5, 5.41) is 2.97. The molecule has 150 valence electrons. The van der Waals surface area contributed by atoms with E-state index in [1.807, 2.05) is 45.0 Å². The van der Waals surface area contributed by atoms with E-state index in [2.05, 4.69) is 11.4 Å². The number of aryl methyl sites for hydroxylation is 4. The van der Waals surface area contributed by atoms with Crippen molar-refractivity contribution in [2.24, 2.45) is 5.92 Å². The molecule has 1 fully saturated rings. The summed E-state index contributed by atoms with van der Waals surface area (Å²) in [6.45, 7) is 8.33. The summed E-state index contributed by atoms with van der Waals surface area (Å²) in [6.07, 6.45) is 1.37. The summed E-state index contributed by atoms with van der Waals surface area (Å²) in [7, 11) is -3.61. The minimum Gasteiger partial charge on any atom is -0.326 e. The third-order valence-corrected chi connectivity index (χ3v) is 7.21. The lowest BCUT2D eigenvalue weighted by atomic mass is 9.98. The molecule has 1 aliphatic rings. The van der Waals surface area contributed by atoms with E-state index in [9.17, 15) is 13.2 Å². The van der Waals surface area contributed by atoms with Gasteiger partial charge >= 0.3 is 0 Å². The van der Waals surface area contributed by atoms with Gasteiger partial charge in [0.15, 0.2) is 0 Å². The van der Waals surface area contributed by atoms with Crippen molar-refractivity contribution in [3.05, 3.63) is 58.7 Å². The fourth-order valence-corrected chi connectivity index (χ4v) is 5.62. The maximum absolute atomic E-state index is 13.2. The lowest BCUT2D eigenvalue weighted by Gasteiger charge is -2.31. The van der Waals surface area contributed by atoms with Crippen LogP contribution < -0.4 is 5.32 Å². The molecule has 1 N–H and O–H groups in total. The van der Waals surface area contributed by atoms with E-state index < -0.39 is 10.0 Å². The summed E-state index contributed by atoms with van der Waals surface area (Å²) < 4.78 is 27.8. The minimum absolute atomic E-state index is 0.120. The largest absolute Gasteiger partial charge is 0.326 e. The van der Waals surface area contributed by atoms with Gasteiger partial charge in [-0.15, -0.1) is 0 Å². The molecule has 5 nitrogen and oxygen atoms in total. The molecule has 0 saturated carbocycles. The molecule has 0 aromatic heterocycles. The first-order valence-electron chi connectivity index (χ1n) is 9.63. The first-order chi connectivity index (χ1) is 13.2.